The van der Waals surface area contributed by atoms with Crippen molar-refractivity contribution in [3.8, 4) is 5.75 Å². The second-order valence-electron chi connectivity index (χ2n) is 6.93. The molecule has 1 aromatic rings. The molecule has 0 saturated heterocycles. The minimum atomic E-state index is -0.669. The number of carboxylic acids is 1. The lowest BCUT2D eigenvalue weighted by Gasteiger charge is -2.53. The maximum Gasteiger partial charge on any atom is 0.309 e. The molecule has 0 aromatic heterocycles. The van der Waals surface area contributed by atoms with Crippen molar-refractivity contribution in [3.63, 3.8) is 0 Å². The van der Waals surface area contributed by atoms with E-state index in [0.29, 0.717) is 0 Å². The van der Waals surface area contributed by atoms with E-state index in [4.69, 9.17) is 0 Å². The molecule has 3 heteroatoms. The van der Waals surface area contributed by atoms with Crippen molar-refractivity contribution in [1.29, 1.82) is 0 Å². The van der Waals surface area contributed by atoms with Crippen LogP contribution < -0.4 is 0 Å². The summed E-state index contributed by atoms with van der Waals surface area (Å²) in [5, 5.41) is 19.5. The second kappa shape index (κ2) is 4.24. The first-order valence-electron chi connectivity index (χ1n) is 7.44. The van der Waals surface area contributed by atoms with Crippen molar-refractivity contribution in [1.82, 2.24) is 0 Å². The number of hydrogen-bond donors (Lipinski definition) is 2. The molecule has 20 heavy (non-hydrogen) atoms. The summed E-state index contributed by atoms with van der Waals surface area (Å²) in [7, 11) is 0. The average molecular weight is 274 g/mol. The van der Waals surface area contributed by atoms with Crippen molar-refractivity contribution in [2.24, 2.45) is 11.3 Å². The smallest absolute Gasteiger partial charge is 0.309 e. The number of phenolic OH excluding ortho intramolecular Hbond substituents is 1. The molecule has 108 valence electrons. The van der Waals surface area contributed by atoms with Crippen molar-refractivity contribution in [3.05, 3.63) is 29.3 Å². The molecule has 0 amide bonds. The summed E-state index contributed by atoms with van der Waals surface area (Å²) in [6.07, 6.45) is 4.55. The van der Waals surface area contributed by atoms with Crippen LogP contribution in [0.2, 0.25) is 0 Å². The van der Waals surface area contributed by atoms with Gasteiger partial charge in [0.05, 0.1) is 5.41 Å². The molecule has 1 aromatic carbocycles. The fourth-order valence-electron chi connectivity index (χ4n) is 4.70. The van der Waals surface area contributed by atoms with Crippen LogP contribution in [0.4, 0.5) is 0 Å². The third-order valence-corrected chi connectivity index (χ3v) is 5.83. The van der Waals surface area contributed by atoms with Gasteiger partial charge >= 0.3 is 5.97 Å². The molecule has 3 atom stereocenters. The molecule has 0 heterocycles. The summed E-state index contributed by atoms with van der Waals surface area (Å²) in [4.78, 5) is 11.8. The summed E-state index contributed by atoms with van der Waals surface area (Å²) in [6.45, 7) is 4.10. The van der Waals surface area contributed by atoms with Crippen LogP contribution in [0, 0.1) is 11.3 Å². The Morgan fingerprint density at radius 1 is 1.30 bits per heavy atom. The molecule has 0 spiro atoms. The standard InChI is InChI=1S/C17H22O3/c1-16-8-3-9-17(2,15(19)20)14(16)7-5-11-4-6-12(18)10-13(11)16/h4,6,10,14,18H,3,5,7-9H2,1-2H3,(H,19,20)/t14-,16-,17?/m1/s1. The van der Waals surface area contributed by atoms with Gasteiger partial charge in [-0.15, -0.1) is 0 Å². The van der Waals surface area contributed by atoms with Crippen LogP contribution in [-0.2, 0) is 16.6 Å². The topological polar surface area (TPSA) is 57.5 Å². The van der Waals surface area contributed by atoms with Crippen LogP contribution in [0.15, 0.2) is 18.2 Å². The molecule has 0 radical (unpaired) electrons. The van der Waals surface area contributed by atoms with E-state index in [2.05, 4.69) is 6.92 Å². The Kier molecular flexibility index (Phi) is 2.86. The second-order valence-corrected chi connectivity index (χ2v) is 6.93. The maximum absolute atomic E-state index is 11.8. The Bertz CT molecular complexity index is 565. The molecule has 2 N–H and O–H groups in total. The number of phenols is 1. The van der Waals surface area contributed by atoms with E-state index in [9.17, 15) is 15.0 Å². The molecule has 0 aliphatic heterocycles. The highest BCUT2D eigenvalue weighted by Gasteiger charge is 2.55. The lowest BCUT2D eigenvalue weighted by Crippen LogP contribution is -2.52. The Hall–Kier alpha value is -1.51. The van der Waals surface area contributed by atoms with E-state index in [-0.39, 0.29) is 17.1 Å². The van der Waals surface area contributed by atoms with E-state index in [1.807, 2.05) is 19.1 Å². The molecule has 0 bridgehead atoms. The number of rotatable bonds is 1. The zero-order valence-corrected chi connectivity index (χ0v) is 12.1. The lowest BCUT2D eigenvalue weighted by atomic mass is 9.50. The predicted molar refractivity (Wildman–Crippen MR) is 76.9 cm³/mol. The summed E-state index contributed by atoms with van der Waals surface area (Å²) in [5.74, 6) is -0.235. The Morgan fingerprint density at radius 3 is 2.75 bits per heavy atom. The van der Waals surface area contributed by atoms with E-state index < -0.39 is 11.4 Å². The number of aliphatic carboxylic acids is 1. The molecule has 1 unspecified atom stereocenters. The van der Waals surface area contributed by atoms with Gasteiger partial charge in [0.25, 0.3) is 0 Å². The van der Waals surface area contributed by atoms with Crippen molar-refractivity contribution < 1.29 is 15.0 Å². The number of hydrogen-bond acceptors (Lipinski definition) is 2. The largest absolute Gasteiger partial charge is 0.508 e. The predicted octanol–water partition coefficient (Wildman–Crippen LogP) is 3.49. The highest BCUT2D eigenvalue weighted by molar-refractivity contribution is 5.75. The van der Waals surface area contributed by atoms with Gasteiger partial charge in [-0.2, -0.15) is 0 Å². The fraction of sp³-hybridized carbons (Fsp3) is 0.588. The summed E-state index contributed by atoms with van der Waals surface area (Å²) in [5.41, 5.74) is 1.67. The summed E-state index contributed by atoms with van der Waals surface area (Å²) >= 11 is 0. The summed E-state index contributed by atoms with van der Waals surface area (Å²) < 4.78 is 0. The molecule has 1 saturated carbocycles. The number of aromatic hydroxyl groups is 1. The SMILES string of the molecule is CC1(C(=O)O)CCC[C@]2(C)c3cc(O)ccc3CC[C@@H]12. The van der Waals surface area contributed by atoms with E-state index in [1.54, 1.807) is 6.07 Å². The van der Waals surface area contributed by atoms with Crippen LogP contribution in [0.3, 0.4) is 0 Å². The highest BCUT2D eigenvalue weighted by Crippen LogP contribution is 2.57. The number of carbonyl (C=O) groups is 1. The quantitative estimate of drug-likeness (QED) is 0.824. The third kappa shape index (κ3) is 1.68. The Labute approximate surface area is 119 Å². The zero-order chi connectivity index (χ0) is 14.5. The average Bonchev–Trinajstić information content (AvgIpc) is 2.39. The van der Waals surface area contributed by atoms with E-state index in [0.717, 1.165) is 32.1 Å². The molecule has 1 fully saturated rings. The zero-order valence-electron chi connectivity index (χ0n) is 12.1. The van der Waals surface area contributed by atoms with Crippen LogP contribution in [0.25, 0.3) is 0 Å². The number of benzene rings is 1. The monoisotopic (exact) mass is 274 g/mol. The van der Waals surface area contributed by atoms with Crippen LogP contribution >= 0.6 is 0 Å². The van der Waals surface area contributed by atoms with Gasteiger partial charge in [-0.3, -0.25) is 4.79 Å². The van der Waals surface area contributed by atoms with E-state index in [1.165, 1.54) is 11.1 Å². The van der Waals surface area contributed by atoms with Crippen molar-refractivity contribution in [2.45, 2.75) is 51.4 Å². The van der Waals surface area contributed by atoms with Gasteiger partial charge in [0.2, 0.25) is 0 Å². The molecular weight excluding hydrogens is 252 g/mol. The van der Waals surface area contributed by atoms with Gasteiger partial charge < -0.3 is 10.2 Å². The van der Waals surface area contributed by atoms with Gasteiger partial charge in [-0.05, 0) is 67.2 Å². The van der Waals surface area contributed by atoms with Gasteiger partial charge in [-0.25, -0.2) is 0 Å². The normalized spacial score (nSPS) is 36.0. The van der Waals surface area contributed by atoms with E-state index >= 15 is 0 Å². The lowest BCUT2D eigenvalue weighted by molar-refractivity contribution is -0.157. The van der Waals surface area contributed by atoms with Crippen LogP contribution in [0.1, 0.15) is 50.7 Å². The molecule has 3 rings (SSSR count). The minimum absolute atomic E-state index is 0.127. The number of carboxylic acid groups (broad SMARTS) is 1. The van der Waals surface area contributed by atoms with Gasteiger partial charge in [0, 0.05) is 0 Å². The van der Waals surface area contributed by atoms with Gasteiger partial charge in [0.15, 0.2) is 0 Å². The minimum Gasteiger partial charge on any atom is -0.508 e. The van der Waals surface area contributed by atoms with Crippen molar-refractivity contribution in [2.75, 3.05) is 0 Å². The third-order valence-electron chi connectivity index (χ3n) is 5.83. The molecule has 2 aliphatic carbocycles. The number of fused-ring (bicyclic) bond motifs is 3. The Balaban J connectivity index is 2.13. The fourth-order valence-corrected chi connectivity index (χ4v) is 4.70. The first-order chi connectivity index (χ1) is 9.38. The van der Waals surface area contributed by atoms with Crippen molar-refractivity contribution >= 4 is 5.97 Å². The maximum atomic E-state index is 11.8. The summed E-state index contributed by atoms with van der Waals surface area (Å²) in [6, 6.07) is 5.59. The van der Waals surface area contributed by atoms with Gasteiger partial charge in [-0.1, -0.05) is 19.4 Å². The first-order valence-corrected chi connectivity index (χ1v) is 7.44. The Morgan fingerprint density at radius 2 is 2.05 bits per heavy atom. The number of aryl methyl sites for hydroxylation is 1. The molecular formula is C17H22O3. The van der Waals surface area contributed by atoms with Crippen LogP contribution in [0.5, 0.6) is 5.75 Å². The van der Waals surface area contributed by atoms with Crippen LogP contribution in [-0.4, -0.2) is 16.2 Å². The molecule has 3 nitrogen and oxygen atoms in total. The highest BCUT2D eigenvalue weighted by atomic mass is 16.4. The molecule has 2 aliphatic rings. The van der Waals surface area contributed by atoms with Gasteiger partial charge in [0.1, 0.15) is 5.75 Å². The first kappa shape index (κ1) is 13.5.